The van der Waals surface area contributed by atoms with Gasteiger partial charge in [-0.2, -0.15) is 0 Å². The zero-order chi connectivity index (χ0) is 15.9. The maximum atomic E-state index is 12.2. The van der Waals surface area contributed by atoms with Crippen LogP contribution < -0.4 is 16.4 Å². The Bertz CT molecular complexity index is 350. The monoisotopic (exact) mass is 299 g/mol. The minimum atomic E-state index is -0.818. The summed E-state index contributed by atoms with van der Waals surface area (Å²) in [7, 11) is 0. The lowest BCUT2D eigenvalue weighted by Crippen LogP contribution is -2.52. The Morgan fingerprint density at radius 1 is 1.19 bits per heavy atom. The van der Waals surface area contributed by atoms with E-state index in [2.05, 4.69) is 10.6 Å². The molecular weight excluding hydrogens is 270 g/mol. The topological polar surface area (TPSA) is 104 Å². The number of carbonyl (C=O) groups is 2. The van der Waals surface area contributed by atoms with E-state index in [1.165, 1.54) is 0 Å². The van der Waals surface area contributed by atoms with Crippen molar-refractivity contribution in [2.24, 2.45) is 11.7 Å². The number of hydrogen-bond acceptors (Lipinski definition) is 3. The number of nitrogens with two attached hydrogens (primary N) is 1. The molecule has 0 aromatic rings. The normalized spacial score (nSPS) is 19.6. The average molecular weight is 299 g/mol. The van der Waals surface area contributed by atoms with Crippen LogP contribution in [0.3, 0.4) is 0 Å². The first-order chi connectivity index (χ1) is 9.82. The first-order valence-electron chi connectivity index (χ1n) is 7.88. The van der Waals surface area contributed by atoms with E-state index in [0.29, 0.717) is 19.3 Å². The highest BCUT2D eigenvalue weighted by atomic mass is 16.3. The fraction of sp³-hybridized carbons (Fsp3) is 0.867. The average Bonchev–Trinajstić information content (AvgIpc) is 2.59. The molecule has 1 fully saturated rings. The van der Waals surface area contributed by atoms with Crippen LogP contribution in [0.4, 0.5) is 4.79 Å². The van der Waals surface area contributed by atoms with Crippen molar-refractivity contribution >= 4 is 11.9 Å². The first-order valence-corrected chi connectivity index (χ1v) is 7.88. The van der Waals surface area contributed by atoms with Crippen LogP contribution in [-0.4, -0.2) is 35.2 Å². The van der Waals surface area contributed by atoms with Gasteiger partial charge in [-0.15, -0.1) is 0 Å². The molecule has 1 unspecified atom stereocenters. The van der Waals surface area contributed by atoms with Crippen molar-refractivity contribution in [2.45, 2.75) is 70.4 Å². The van der Waals surface area contributed by atoms with Gasteiger partial charge in [-0.05, 0) is 25.2 Å². The second-order valence-corrected chi connectivity index (χ2v) is 6.55. The summed E-state index contributed by atoms with van der Waals surface area (Å²) in [6.07, 6.45) is 6.19. The van der Waals surface area contributed by atoms with Crippen LogP contribution in [0.2, 0.25) is 0 Å². The number of aliphatic hydroxyl groups is 1. The highest BCUT2D eigenvalue weighted by Crippen LogP contribution is 2.26. The van der Waals surface area contributed by atoms with Gasteiger partial charge in [0.15, 0.2) is 0 Å². The number of primary amides is 1. The second kappa shape index (κ2) is 8.22. The molecule has 1 atom stereocenters. The fourth-order valence-corrected chi connectivity index (χ4v) is 2.81. The van der Waals surface area contributed by atoms with Crippen LogP contribution >= 0.6 is 0 Å². The molecular formula is C15H29N3O3. The molecule has 0 bridgehead atoms. The van der Waals surface area contributed by atoms with Crippen LogP contribution in [0.1, 0.15) is 58.8 Å². The number of carbonyl (C=O) groups excluding carboxylic acids is 2. The van der Waals surface area contributed by atoms with Gasteiger partial charge in [0, 0.05) is 6.54 Å². The van der Waals surface area contributed by atoms with E-state index < -0.39 is 17.7 Å². The molecule has 0 spiro atoms. The summed E-state index contributed by atoms with van der Waals surface area (Å²) in [6.45, 7) is 4.18. The molecule has 0 heterocycles. The van der Waals surface area contributed by atoms with Crippen LogP contribution in [0, 0.1) is 5.92 Å². The fourth-order valence-electron chi connectivity index (χ4n) is 2.81. The lowest BCUT2D eigenvalue weighted by atomic mass is 9.94. The third-order valence-corrected chi connectivity index (χ3v) is 3.97. The van der Waals surface area contributed by atoms with E-state index in [-0.39, 0.29) is 18.4 Å². The van der Waals surface area contributed by atoms with Crippen molar-refractivity contribution in [3.8, 4) is 0 Å². The smallest absolute Gasteiger partial charge is 0.312 e. The number of amides is 3. The standard InChI is InChI=1S/C15H29N3O3/c1-11(2)9-12(18-14(16)20)13(19)17-10-15(21)7-5-3-4-6-8-15/h11-12,21H,3-10H2,1-2H3,(H,17,19)(H3,16,18,20). The summed E-state index contributed by atoms with van der Waals surface area (Å²) < 4.78 is 0. The van der Waals surface area contributed by atoms with Gasteiger partial charge in [0.1, 0.15) is 6.04 Å². The van der Waals surface area contributed by atoms with E-state index in [4.69, 9.17) is 5.73 Å². The molecule has 0 saturated heterocycles. The van der Waals surface area contributed by atoms with Gasteiger partial charge >= 0.3 is 6.03 Å². The SMILES string of the molecule is CC(C)CC(NC(N)=O)C(=O)NCC1(O)CCCCCC1. The van der Waals surface area contributed by atoms with Gasteiger partial charge in [0.05, 0.1) is 5.60 Å². The van der Waals surface area contributed by atoms with Gasteiger partial charge in [-0.1, -0.05) is 39.5 Å². The number of nitrogens with one attached hydrogen (secondary N) is 2. The predicted octanol–water partition coefficient (Wildman–Crippen LogP) is 1.27. The van der Waals surface area contributed by atoms with E-state index in [1.54, 1.807) is 0 Å². The third kappa shape index (κ3) is 6.80. The Balaban J connectivity index is 2.53. The van der Waals surface area contributed by atoms with Crippen LogP contribution in [0.5, 0.6) is 0 Å². The molecule has 1 aliphatic rings. The zero-order valence-corrected chi connectivity index (χ0v) is 13.2. The number of hydrogen-bond donors (Lipinski definition) is 4. The summed E-state index contributed by atoms with van der Waals surface area (Å²) >= 11 is 0. The van der Waals surface area contributed by atoms with Crippen molar-refractivity contribution in [2.75, 3.05) is 6.54 Å². The predicted molar refractivity (Wildman–Crippen MR) is 81.6 cm³/mol. The number of urea groups is 1. The van der Waals surface area contributed by atoms with Gasteiger partial charge < -0.3 is 21.5 Å². The summed E-state index contributed by atoms with van der Waals surface area (Å²) in [6, 6.07) is -1.35. The molecule has 122 valence electrons. The van der Waals surface area contributed by atoms with Gasteiger partial charge in [0.25, 0.3) is 0 Å². The molecule has 0 aromatic carbocycles. The lowest BCUT2D eigenvalue weighted by Gasteiger charge is -2.28. The van der Waals surface area contributed by atoms with Crippen LogP contribution in [0.25, 0.3) is 0 Å². The molecule has 6 nitrogen and oxygen atoms in total. The summed E-state index contributed by atoms with van der Waals surface area (Å²) in [5.74, 6) is -0.0197. The molecule has 3 amide bonds. The van der Waals surface area contributed by atoms with Gasteiger partial charge in [-0.3, -0.25) is 4.79 Å². The molecule has 1 aliphatic carbocycles. The van der Waals surface area contributed by atoms with Crippen molar-refractivity contribution in [1.29, 1.82) is 0 Å². The summed E-state index contributed by atoms with van der Waals surface area (Å²) in [5, 5.41) is 15.8. The largest absolute Gasteiger partial charge is 0.388 e. The highest BCUT2D eigenvalue weighted by molar-refractivity contribution is 5.86. The Labute approximate surface area is 126 Å². The molecule has 6 heteroatoms. The zero-order valence-electron chi connectivity index (χ0n) is 13.2. The van der Waals surface area contributed by atoms with Gasteiger partial charge in [-0.25, -0.2) is 4.79 Å². The van der Waals surface area contributed by atoms with Crippen LogP contribution in [0.15, 0.2) is 0 Å². The van der Waals surface area contributed by atoms with Crippen LogP contribution in [-0.2, 0) is 4.79 Å². The van der Waals surface area contributed by atoms with Crippen molar-refractivity contribution < 1.29 is 14.7 Å². The molecule has 0 radical (unpaired) electrons. The Kier molecular flexibility index (Phi) is 6.95. The molecule has 1 rings (SSSR count). The van der Waals surface area contributed by atoms with E-state index >= 15 is 0 Å². The van der Waals surface area contributed by atoms with Crippen molar-refractivity contribution in [1.82, 2.24) is 10.6 Å². The number of rotatable bonds is 6. The summed E-state index contributed by atoms with van der Waals surface area (Å²) in [4.78, 5) is 23.2. The molecule has 21 heavy (non-hydrogen) atoms. The molecule has 0 aliphatic heterocycles. The molecule has 1 saturated carbocycles. The minimum absolute atomic E-state index is 0.237. The van der Waals surface area contributed by atoms with Crippen molar-refractivity contribution in [3.05, 3.63) is 0 Å². The molecule has 5 N–H and O–H groups in total. The molecule has 0 aromatic heterocycles. The summed E-state index contributed by atoms with van der Waals surface area (Å²) in [5.41, 5.74) is 4.29. The highest BCUT2D eigenvalue weighted by Gasteiger charge is 2.30. The first kappa shape index (κ1) is 17.8. The Morgan fingerprint density at radius 2 is 1.76 bits per heavy atom. The van der Waals surface area contributed by atoms with Gasteiger partial charge in [0.2, 0.25) is 5.91 Å². The Morgan fingerprint density at radius 3 is 2.24 bits per heavy atom. The second-order valence-electron chi connectivity index (χ2n) is 6.55. The Hall–Kier alpha value is -1.30. The minimum Gasteiger partial charge on any atom is -0.388 e. The lowest BCUT2D eigenvalue weighted by molar-refractivity contribution is -0.124. The van der Waals surface area contributed by atoms with Crippen molar-refractivity contribution in [3.63, 3.8) is 0 Å². The maximum Gasteiger partial charge on any atom is 0.312 e. The maximum absolute atomic E-state index is 12.2. The van der Waals surface area contributed by atoms with E-state index in [9.17, 15) is 14.7 Å². The van der Waals surface area contributed by atoms with E-state index in [1.807, 2.05) is 13.8 Å². The van der Waals surface area contributed by atoms with E-state index in [0.717, 1.165) is 25.7 Å². The quantitative estimate of drug-likeness (QED) is 0.555. The third-order valence-electron chi connectivity index (χ3n) is 3.97.